The van der Waals surface area contributed by atoms with E-state index in [2.05, 4.69) is 20.8 Å². The van der Waals surface area contributed by atoms with Crippen LogP contribution >= 0.6 is 0 Å². The molecule has 0 bridgehead atoms. The van der Waals surface area contributed by atoms with Crippen molar-refractivity contribution in [2.24, 2.45) is 0 Å². The first-order chi connectivity index (χ1) is 17.6. The van der Waals surface area contributed by atoms with Crippen LogP contribution in [0.5, 0.6) is 0 Å². The summed E-state index contributed by atoms with van der Waals surface area (Å²) >= 11 is 0. The number of hydrogen-bond donors (Lipinski definition) is 1. The van der Waals surface area contributed by atoms with Gasteiger partial charge in [-0.2, -0.15) is 0 Å². The smallest absolute Gasteiger partial charge is 0.116 e. The number of aliphatic hydroxyl groups excluding tert-OH is 1. The minimum atomic E-state index is -4.35. The van der Waals surface area contributed by atoms with Gasteiger partial charge in [-0.25, -0.2) is 8.42 Å². The molecule has 0 aliphatic heterocycles. The van der Waals surface area contributed by atoms with Crippen molar-refractivity contribution in [3.05, 3.63) is 0 Å². The van der Waals surface area contributed by atoms with Crippen LogP contribution in [0.3, 0.4) is 0 Å². The van der Waals surface area contributed by atoms with Crippen molar-refractivity contribution in [2.75, 3.05) is 32.9 Å². The zero-order chi connectivity index (χ0) is 28.3. The van der Waals surface area contributed by atoms with Gasteiger partial charge in [-0.1, -0.05) is 149 Å². The van der Waals surface area contributed by atoms with E-state index >= 15 is 0 Å². The Morgan fingerprint density at radius 2 is 0.838 bits per heavy atom. The zero-order valence-corrected chi connectivity index (χ0v) is 26.6. The summed E-state index contributed by atoms with van der Waals surface area (Å²) in [4.78, 5) is 0. The van der Waals surface area contributed by atoms with E-state index in [9.17, 15) is 18.1 Å². The normalized spacial score (nSPS) is 12.8. The highest BCUT2D eigenvalue weighted by atomic mass is 32.2. The lowest BCUT2D eigenvalue weighted by molar-refractivity contribution is -0.893. The van der Waals surface area contributed by atoms with Crippen LogP contribution in [0.2, 0.25) is 0 Å². The van der Waals surface area contributed by atoms with Gasteiger partial charge in [0.05, 0.1) is 36.5 Å². The SMILES string of the molecule is CCCCCCCCCCCCCC.CCCCCCCCCCCC[N+](C)(C)CC(O)CS(=O)(=O)[O-]. The predicted molar refractivity (Wildman–Crippen MR) is 161 cm³/mol. The van der Waals surface area contributed by atoms with Crippen LogP contribution in [0, 0.1) is 0 Å². The van der Waals surface area contributed by atoms with Gasteiger partial charge < -0.3 is 14.1 Å². The molecule has 0 heterocycles. The van der Waals surface area contributed by atoms with E-state index in [-0.39, 0.29) is 0 Å². The molecule has 6 heteroatoms. The van der Waals surface area contributed by atoms with Crippen molar-refractivity contribution in [3.63, 3.8) is 0 Å². The van der Waals surface area contributed by atoms with Gasteiger partial charge in [0, 0.05) is 0 Å². The number of rotatable bonds is 26. The summed E-state index contributed by atoms with van der Waals surface area (Å²) in [6.45, 7) is 8.01. The van der Waals surface area contributed by atoms with Gasteiger partial charge >= 0.3 is 0 Å². The van der Waals surface area contributed by atoms with E-state index in [1.165, 1.54) is 135 Å². The van der Waals surface area contributed by atoms with Gasteiger partial charge in [-0.05, 0) is 12.8 Å². The third-order valence-electron chi connectivity index (χ3n) is 7.18. The molecule has 0 amide bonds. The number of unbranched alkanes of at least 4 members (excludes halogenated alkanes) is 20. The van der Waals surface area contributed by atoms with Gasteiger partial charge in [0.25, 0.3) is 0 Å². The largest absolute Gasteiger partial charge is 0.748 e. The Morgan fingerprint density at radius 3 is 1.11 bits per heavy atom. The fourth-order valence-corrected chi connectivity index (χ4v) is 5.47. The van der Waals surface area contributed by atoms with Gasteiger partial charge in [0.1, 0.15) is 12.6 Å². The van der Waals surface area contributed by atoms with Crippen molar-refractivity contribution >= 4 is 10.1 Å². The first-order valence-electron chi connectivity index (χ1n) is 16.0. The van der Waals surface area contributed by atoms with Gasteiger partial charge in [0.15, 0.2) is 0 Å². The lowest BCUT2D eigenvalue weighted by atomic mass is 10.1. The van der Waals surface area contributed by atoms with Crippen molar-refractivity contribution in [1.29, 1.82) is 0 Å². The topological polar surface area (TPSA) is 77.4 Å². The Labute approximate surface area is 233 Å². The maximum atomic E-state index is 10.6. The maximum absolute atomic E-state index is 10.6. The van der Waals surface area contributed by atoms with Crippen LogP contribution in [-0.4, -0.2) is 61.6 Å². The number of likely N-dealkylation sites (N-methyl/N-ethyl adjacent to an activating group) is 1. The fraction of sp³-hybridized carbons (Fsp3) is 1.00. The lowest BCUT2D eigenvalue weighted by Gasteiger charge is -2.32. The van der Waals surface area contributed by atoms with Crippen molar-refractivity contribution in [1.82, 2.24) is 0 Å². The third-order valence-corrected chi connectivity index (χ3v) is 7.97. The minimum absolute atomic E-state index is 0.304. The van der Waals surface area contributed by atoms with Crippen LogP contribution in [0.1, 0.15) is 162 Å². The van der Waals surface area contributed by atoms with Crippen LogP contribution in [0.4, 0.5) is 0 Å². The molecule has 5 nitrogen and oxygen atoms in total. The van der Waals surface area contributed by atoms with Crippen LogP contribution in [-0.2, 0) is 10.1 Å². The van der Waals surface area contributed by atoms with E-state index in [0.717, 1.165) is 13.0 Å². The molecule has 0 aliphatic rings. The zero-order valence-electron chi connectivity index (χ0n) is 25.8. The second-order valence-electron chi connectivity index (χ2n) is 11.9. The van der Waals surface area contributed by atoms with Crippen molar-refractivity contribution < 1.29 is 22.6 Å². The highest BCUT2D eigenvalue weighted by Crippen LogP contribution is 2.13. The first kappa shape index (κ1) is 39.0. The molecule has 0 aromatic carbocycles. The summed E-state index contributed by atoms with van der Waals surface area (Å²) < 4.78 is 32.5. The summed E-state index contributed by atoms with van der Waals surface area (Å²) in [5.74, 6) is -0.688. The van der Waals surface area contributed by atoms with Crippen LogP contribution < -0.4 is 0 Å². The molecule has 1 N–H and O–H groups in total. The molecular weight excluding hydrogens is 482 g/mol. The van der Waals surface area contributed by atoms with E-state index in [1.54, 1.807) is 0 Å². The van der Waals surface area contributed by atoms with E-state index in [4.69, 9.17) is 0 Å². The molecule has 0 aromatic rings. The van der Waals surface area contributed by atoms with Gasteiger partial charge in [-0.15, -0.1) is 0 Å². The van der Waals surface area contributed by atoms with E-state index in [1.807, 2.05) is 14.1 Å². The fourth-order valence-electron chi connectivity index (χ4n) is 4.89. The molecule has 0 rings (SSSR count). The summed E-state index contributed by atoms with van der Waals surface area (Å²) in [5, 5.41) is 9.69. The average Bonchev–Trinajstić information content (AvgIpc) is 2.80. The van der Waals surface area contributed by atoms with Gasteiger partial charge in [-0.3, -0.25) is 0 Å². The molecule has 1 atom stereocenters. The molecule has 0 saturated heterocycles. The maximum Gasteiger partial charge on any atom is 0.116 e. The summed E-state index contributed by atoms with van der Waals surface area (Å²) in [5.41, 5.74) is 0. The van der Waals surface area contributed by atoms with E-state index in [0.29, 0.717) is 11.0 Å². The quantitative estimate of drug-likeness (QED) is 0.0665. The molecule has 0 saturated carbocycles. The number of quaternary nitrogens is 1. The summed E-state index contributed by atoms with van der Waals surface area (Å²) in [7, 11) is -0.417. The summed E-state index contributed by atoms with van der Waals surface area (Å²) in [6.07, 6.45) is 29.2. The number of hydrogen-bond acceptors (Lipinski definition) is 4. The standard InChI is InChI=1S/C17H37NO4S.C14H30/c1-4-5-6-7-8-9-10-11-12-13-14-18(2,3)15-17(19)16-23(20,21)22;1-3-5-7-9-11-13-14-12-10-8-6-4-2/h17,19H,4-16H2,1-3H3;3-14H2,1-2H3. The molecule has 0 spiro atoms. The van der Waals surface area contributed by atoms with E-state index < -0.39 is 22.0 Å². The lowest BCUT2D eigenvalue weighted by Crippen LogP contribution is -2.47. The Balaban J connectivity index is 0. The molecule has 0 radical (unpaired) electrons. The second kappa shape index (κ2) is 27.4. The Bertz CT molecular complexity index is 539. The Kier molecular flexibility index (Phi) is 28.9. The molecule has 1 unspecified atom stereocenters. The highest BCUT2D eigenvalue weighted by Gasteiger charge is 2.21. The van der Waals surface area contributed by atoms with Crippen LogP contribution in [0.15, 0.2) is 0 Å². The molecular formula is C31H67NO4S. The first-order valence-corrected chi connectivity index (χ1v) is 17.6. The molecule has 37 heavy (non-hydrogen) atoms. The molecule has 0 aromatic heterocycles. The van der Waals surface area contributed by atoms with Gasteiger partial charge in [0.2, 0.25) is 0 Å². The second-order valence-corrected chi connectivity index (χ2v) is 13.4. The summed E-state index contributed by atoms with van der Waals surface area (Å²) in [6, 6.07) is 0. The number of nitrogens with zero attached hydrogens (tertiary/aromatic N) is 1. The molecule has 226 valence electrons. The average molecular weight is 550 g/mol. The third kappa shape index (κ3) is 35.8. The highest BCUT2D eigenvalue weighted by molar-refractivity contribution is 7.85. The minimum Gasteiger partial charge on any atom is -0.748 e. The monoisotopic (exact) mass is 549 g/mol. The Hall–Kier alpha value is -0.170. The Morgan fingerprint density at radius 1 is 0.568 bits per heavy atom. The van der Waals surface area contributed by atoms with Crippen LogP contribution in [0.25, 0.3) is 0 Å². The van der Waals surface area contributed by atoms with Crippen molar-refractivity contribution in [3.8, 4) is 0 Å². The molecule has 0 aliphatic carbocycles. The number of aliphatic hydroxyl groups is 1. The molecule has 0 fully saturated rings. The van der Waals surface area contributed by atoms with Crippen molar-refractivity contribution in [2.45, 2.75) is 168 Å². The predicted octanol–water partition coefficient (Wildman–Crippen LogP) is 8.60.